The number of nitro groups is 1. The maximum atomic E-state index is 11.4. The molecule has 0 spiro atoms. The molecular weight excluding hydrogens is 288 g/mol. The highest BCUT2D eigenvalue weighted by molar-refractivity contribution is 7.16. The van der Waals surface area contributed by atoms with Crippen LogP contribution in [-0.4, -0.2) is 22.6 Å². The molecule has 0 radical (unpaired) electrons. The van der Waals surface area contributed by atoms with Gasteiger partial charge in [0.25, 0.3) is 0 Å². The summed E-state index contributed by atoms with van der Waals surface area (Å²) in [4.78, 5) is 13.8. The maximum Gasteiger partial charge on any atom is 0.304 e. The molecule has 120 valence electrons. The van der Waals surface area contributed by atoms with E-state index in [0.29, 0.717) is 15.8 Å². The molecule has 1 rings (SSSR count). The van der Waals surface area contributed by atoms with E-state index < -0.39 is 6.10 Å². The van der Waals surface area contributed by atoms with Crippen molar-refractivity contribution in [3.8, 4) is 0 Å². The predicted octanol–water partition coefficient (Wildman–Crippen LogP) is 4.36. The van der Waals surface area contributed by atoms with Crippen molar-refractivity contribution < 1.29 is 10.0 Å². The minimum atomic E-state index is -0.676. The van der Waals surface area contributed by atoms with Gasteiger partial charge in [0.2, 0.25) is 0 Å². The predicted molar refractivity (Wildman–Crippen MR) is 88.2 cm³/mol. The van der Waals surface area contributed by atoms with Gasteiger partial charge in [-0.05, 0) is 25.7 Å². The number of hydrogen-bond acceptors (Lipinski definition) is 5. The molecule has 1 aromatic rings. The number of aliphatic hydroxyl groups is 1. The number of aliphatic hydroxyl groups excluding tert-OH is 1. The Hall–Kier alpha value is -1.14. The SMILES string of the molecule is CCC(CC)N(CC(C)C)c1sc([C@H](C)O)cc1[N+](=O)[O-]. The minimum Gasteiger partial charge on any atom is -0.388 e. The zero-order valence-corrected chi connectivity index (χ0v) is 14.3. The molecule has 0 aliphatic heterocycles. The van der Waals surface area contributed by atoms with Crippen molar-refractivity contribution in [1.82, 2.24) is 0 Å². The minimum absolute atomic E-state index is 0.114. The highest BCUT2D eigenvalue weighted by Gasteiger charge is 2.28. The molecule has 0 amide bonds. The summed E-state index contributed by atoms with van der Waals surface area (Å²) in [5.74, 6) is 0.419. The maximum absolute atomic E-state index is 11.4. The van der Waals surface area contributed by atoms with Crippen molar-refractivity contribution in [2.24, 2.45) is 5.92 Å². The Morgan fingerprint density at radius 3 is 2.29 bits per heavy atom. The molecule has 1 aromatic heterocycles. The monoisotopic (exact) mass is 314 g/mol. The molecule has 0 aromatic carbocycles. The Bertz CT molecular complexity index is 467. The molecule has 0 aliphatic carbocycles. The Balaban J connectivity index is 3.30. The van der Waals surface area contributed by atoms with Gasteiger partial charge in [-0.25, -0.2) is 0 Å². The number of anilines is 1. The summed E-state index contributed by atoms with van der Waals surface area (Å²) >= 11 is 1.34. The van der Waals surface area contributed by atoms with E-state index in [4.69, 9.17) is 0 Å². The van der Waals surface area contributed by atoms with Gasteiger partial charge in [-0.2, -0.15) is 0 Å². The van der Waals surface area contributed by atoms with Crippen LogP contribution >= 0.6 is 11.3 Å². The van der Waals surface area contributed by atoms with Crippen LogP contribution in [0.3, 0.4) is 0 Å². The molecule has 1 N–H and O–H groups in total. The number of rotatable bonds is 8. The lowest BCUT2D eigenvalue weighted by molar-refractivity contribution is -0.383. The Morgan fingerprint density at radius 2 is 1.90 bits per heavy atom. The standard InChI is InChI=1S/C15H26N2O3S/c1-6-12(7-2)16(9-10(3)4)15-13(17(19)20)8-14(21-15)11(5)18/h8,10-12,18H,6-7,9H2,1-5H3/t11-/m0/s1. The Morgan fingerprint density at radius 1 is 1.33 bits per heavy atom. The number of thiophene rings is 1. The molecule has 0 saturated heterocycles. The van der Waals surface area contributed by atoms with Crippen molar-refractivity contribution >= 4 is 22.0 Å². The molecule has 5 nitrogen and oxygen atoms in total. The zero-order chi connectivity index (χ0) is 16.2. The van der Waals surface area contributed by atoms with Crippen LogP contribution in [-0.2, 0) is 0 Å². The molecule has 0 saturated carbocycles. The second-order valence-corrected chi connectivity index (χ2v) is 6.85. The summed E-state index contributed by atoms with van der Waals surface area (Å²) < 4.78 is 0. The smallest absolute Gasteiger partial charge is 0.304 e. The van der Waals surface area contributed by atoms with Gasteiger partial charge >= 0.3 is 5.69 Å². The molecule has 1 atom stereocenters. The third-order valence-electron chi connectivity index (χ3n) is 3.53. The molecule has 21 heavy (non-hydrogen) atoms. The van der Waals surface area contributed by atoms with Gasteiger partial charge < -0.3 is 10.0 Å². The molecule has 6 heteroatoms. The Labute approximate surface area is 130 Å². The van der Waals surface area contributed by atoms with Gasteiger partial charge in [0, 0.05) is 23.5 Å². The summed E-state index contributed by atoms with van der Waals surface area (Å²) in [6.45, 7) is 10.9. The van der Waals surface area contributed by atoms with Crippen LogP contribution in [0.5, 0.6) is 0 Å². The van der Waals surface area contributed by atoms with Crippen molar-refractivity contribution in [3.05, 3.63) is 21.1 Å². The van der Waals surface area contributed by atoms with Gasteiger partial charge in [-0.15, -0.1) is 11.3 Å². The summed E-state index contributed by atoms with van der Waals surface area (Å²) in [5.41, 5.74) is 0.114. The van der Waals surface area contributed by atoms with Crippen molar-refractivity contribution in [3.63, 3.8) is 0 Å². The lowest BCUT2D eigenvalue weighted by Crippen LogP contribution is -2.37. The van der Waals surface area contributed by atoms with E-state index >= 15 is 0 Å². The average Bonchev–Trinajstić information content (AvgIpc) is 2.83. The van der Waals surface area contributed by atoms with Gasteiger partial charge in [0.05, 0.1) is 11.0 Å². The first kappa shape index (κ1) is 17.9. The molecular formula is C15H26N2O3S. The fourth-order valence-corrected chi connectivity index (χ4v) is 3.60. The highest BCUT2D eigenvalue weighted by atomic mass is 32.1. The third-order valence-corrected chi connectivity index (χ3v) is 4.86. The largest absolute Gasteiger partial charge is 0.388 e. The summed E-state index contributed by atoms with van der Waals surface area (Å²) in [7, 11) is 0. The van der Waals surface area contributed by atoms with E-state index in [1.807, 2.05) is 0 Å². The van der Waals surface area contributed by atoms with Gasteiger partial charge in [-0.3, -0.25) is 10.1 Å². The van der Waals surface area contributed by atoms with Crippen LogP contribution in [0.25, 0.3) is 0 Å². The number of nitrogens with zero attached hydrogens (tertiary/aromatic N) is 2. The van der Waals surface area contributed by atoms with Crippen molar-refractivity contribution in [1.29, 1.82) is 0 Å². The van der Waals surface area contributed by atoms with E-state index in [2.05, 4.69) is 32.6 Å². The second kappa shape index (κ2) is 7.75. The number of hydrogen-bond donors (Lipinski definition) is 1. The van der Waals surface area contributed by atoms with Gasteiger partial charge in [0.1, 0.15) is 0 Å². The van der Waals surface area contributed by atoms with Crippen molar-refractivity contribution in [2.75, 3.05) is 11.4 Å². The molecule has 0 aliphatic rings. The van der Waals surface area contributed by atoms with E-state index in [0.717, 1.165) is 19.4 Å². The molecule has 1 heterocycles. The molecule has 0 fully saturated rings. The molecule has 0 bridgehead atoms. The summed E-state index contributed by atoms with van der Waals surface area (Å²) in [6.07, 6.45) is 1.22. The lowest BCUT2D eigenvalue weighted by Gasteiger charge is -2.32. The first-order valence-electron chi connectivity index (χ1n) is 7.54. The van der Waals surface area contributed by atoms with Crippen molar-refractivity contribution in [2.45, 2.75) is 59.6 Å². The molecule has 0 unspecified atom stereocenters. The average molecular weight is 314 g/mol. The van der Waals surface area contributed by atoms with E-state index in [-0.39, 0.29) is 16.7 Å². The van der Waals surface area contributed by atoms with Crippen LogP contribution in [0.15, 0.2) is 6.07 Å². The van der Waals surface area contributed by atoms with E-state index in [9.17, 15) is 15.2 Å². The second-order valence-electron chi connectivity index (χ2n) is 5.79. The fraction of sp³-hybridized carbons (Fsp3) is 0.733. The van der Waals surface area contributed by atoms with Crippen LogP contribution in [0.1, 0.15) is 58.4 Å². The van der Waals surface area contributed by atoms with Crippen LogP contribution in [0.4, 0.5) is 10.7 Å². The normalized spacial score (nSPS) is 13.0. The first-order chi connectivity index (χ1) is 9.81. The summed E-state index contributed by atoms with van der Waals surface area (Å²) in [5, 5.41) is 21.8. The fourth-order valence-electron chi connectivity index (χ4n) is 2.45. The van der Waals surface area contributed by atoms with Crippen LogP contribution in [0, 0.1) is 16.0 Å². The van der Waals surface area contributed by atoms with Crippen LogP contribution in [0.2, 0.25) is 0 Å². The highest BCUT2D eigenvalue weighted by Crippen LogP contribution is 2.41. The lowest BCUT2D eigenvalue weighted by atomic mass is 10.1. The summed E-state index contributed by atoms with van der Waals surface area (Å²) in [6, 6.07) is 1.80. The zero-order valence-electron chi connectivity index (χ0n) is 13.5. The van der Waals surface area contributed by atoms with E-state index in [1.54, 1.807) is 6.92 Å². The van der Waals surface area contributed by atoms with Gasteiger partial charge in [0.15, 0.2) is 5.00 Å². The Kier molecular flexibility index (Phi) is 6.61. The third kappa shape index (κ3) is 4.41. The van der Waals surface area contributed by atoms with E-state index in [1.165, 1.54) is 17.4 Å². The quantitative estimate of drug-likeness (QED) is 0.572. The van der Waals surface area contributed by atoms with Crippen LogP contribution < -0.4 is 4.90 Å². The first-order valence-corrected chi connectivity index (χ1v) is 8.36. The van der Waals surface area contributed by atoms with Gasteiger partial charge in [-0.1, -0.05) is 27.7 Å². The topological polar surface area (TPSA) is 66.6 Å².